The summed E-state index contributed by atoms with van der Waals surface area (Å²) in [6, 6.07) is 0. The molecule has 0 aromatic carbocycles. The predicted molar refractivity (Wildman–Crippen MR) is 64.7 cm³/mol. The van der Waals surface area contributed by atoms with E-state index in [0.29, 0.717) is 19.5 Å². The molecule has 1 unspecified atom stereocenters. The Bertz CT molecular complexity index is 289. The van der Waals surface area contributed by atoms with Crippen LogP contribution in [-0.4, -0.2) is 48.6 Å². The van der Waals surface area contributed by atoms with Crippen LogP contribution in [0.4, 0.5) is 0 Å². The SMILES string of the molecule is CCCC1(C(=O)O)CCCN(CC(=O)NC)C1. The summed E-state index contributed by atoms with van der Waals surface area (Å²) in [6.45, 7) is 3.60. The van der Waals surface area contributed by atoms with Crippen LogP contribution in [0.1, 0.15) is 32.6 Å². The zero-order valence-electron chi connectivity index (χ0n) is 10.7. The van der Waals surface area contributed by atoms with Gasteiger partial charge in [-0.25, -0.2) is 0 Å². The summed E-state index contributed by atoms with van der Waals surface area (Å²) in [5, 5.41) is 12.0. The summed E-state index contributed by atoms with van der Waals surface area (Å²) in [7, 11) is 1.60. The number of hydrogen-bond acceptors (Lipinski definition) is 3. The van der Waals surface area contributed by atoms with Crippen molar-refractivity contribution in [3.63, 3.8) is 0 Å². The minimum Gasteiger partial charge on any atom is -0.481 e. The Morgan fingerprint density at radius 3 is 2.71 bits per heavy atom. The molecule has 0 aromatic heterocycles. The second-order valence-corrected chi connectivity index (χ2v) is 4.82. The van der Waals surface area contributed by atoms with E-state index >= 15 is 0 Å². The molecule has 98 valence electrons. The van der Waals surface area contributed by atoms with E-state index in [0.717, 1.165) is 25.8 Å². The summed E-state index contributed by atoms with van der Waals surface area (Å²) in [5.41, 5.74) is -0.652. The second-order valence-electron chi connectivity index (χ2n) is 4.82. The third kappa shape index (κ3) is 3.43. The first kappa shape index (κ1) is 14.0. The molecule has 0 saturated carbocycles. The van der Waals surface area contributed by atoms with Crippen molar-refractivity contribution in [1.29, 1.82) is 0 Å². The number of nitrogens with one attached hydrogen (secondary N) is 1. The molecule has 1 fully saturated rings. The van der Waals surface area contributed by atoms with Crippen molar-refractivity contribution in [1.82, 2.24) is 10.2 Å². The average Bonchev–Trinajstić information content (AvgIpc) is 2.29. The van der Waals surface area contributed by atoms with Crippen LogP contribution >= 0.6 is 0 Å². The van der Waals surface area contributed by atoms with Gasteiger partial charge in [0.1, 0.15) is 0 Å². The summed E-state index contributed by atoms with van der Waals surface area (Å²) in [5.74, 6) is -0.774. The molecule has 17 heavy (non-hydrogen) atoms. The number of amides is 1. The molecule has 0 radical (unpaired) electrons. The van der Waals surface area contributed by atoms with Gasteiger partial charge in [0.2, 0.25) is 5.91 Å². The molecule has 1 aliphatic rings. The van der Waals surface area contributed by atoms with Crippen molar-refractivity contribution in [3.05, 3.63) is 0 Å². The van der Waals surface area contributed by atoms with E-state index < -0.39 is 11.4 Å². The maximum Gasteiger partial charge on any atom is 0.310 e. The first-order chi connectivity index (χ1) is 8.04. The van der Waals surface area contributed by atoms with Crippen molar-refractivity contribution in [2.24, 2.45) is 5.41 Å². The van der Waals surface area contributed by atoms with Gasteiger partial charge in [-0.15, -0.1) is 0 Å². The minimum atomic E-state index is -0.721. The largest absolute Gasteiger partial charge is 0.481 e. The Balaban J connectivity index is 2.68. The van der Waals surface area contributed by atoms with Crippen molar-refractivity contribution >= 4 is 11.9 Å². The molecule has 1 atom stereocenters. The Morgan fingerprint density at radius 1 is 1.47 bits per heavy atom. The van der Waals surface area contributed by atoms with Gasteiger partial charge in [-0.1, -0.05) is 13.3 Å². The van der Waals surface area contributed by atoms with Crippen LogP contribution in [0.15, 0.2) is 0 Å². The van der Waals surface area contributed by atoms with Gasteiger partial charge in [0.15, 0.2) is 0 Å². The van der Waals surface area contributed by atoms with Crippen molar-refractivity contribution in [2.45, 2.75) is 32.6 Å². The van der Waals surface area contributed by atoms with Gasteiger partial charge >= 0.3 is 5.97 Å². The highest BCUT2D eigenvalue weighted by Gasteiger charge is 2.41. The van der Waals surface area contributed by atoms with Gasteiger partial charge in [-0.3, -0.25) is 14.5 Å². The fraction of sp³-hybridized carbons (Fsp3) is 0.833. The monoisotopic (exact) mass is 242 g/mol. The summed E-state index contributed by atoms with van der Waals surface area (Å²) in [4.78, 5) is 24.7. The van der Waals surface area contributed by atoms with Gasteiger partial charge in [-0.05, 0) is 25.8 Å². The molecular weight excluding hydrogens is 220 g/mol. The van der Waals surface area contributed by atoms with Crippen LogP contribution in [0.5, 0.6) is 0 Å². The maximum absolute atomic E-state index is 11.4. The summed E-state index contributed by atoms with van der Waals surface area (Å²) in [6.07, 6.45) is 3.12. The number of carboxylic acid groups (broad SMARTS) is 1. The Labute approximate surface area is 102 Å². The quantitative estimate of drug-likeness (QED) is 0.744. The van der Waals surface area contributed by atoms with Crippen molar-refractivity contribution in [3.8, 4) is 0 Å². The van der Waals surface area contributed by atoms with E-state index in [4.69, 9.17) is 0 Å². The van der Waals surface area contributed by atoms with Crippen LogP contribution in [-0.2, 0) is 9.59 Å². The molecular formula is C12H22N2O3. The number of carbonyl (C=O) groups is 2. The first-order valence-corrected chi connectivity index (χ1v) is 6.20. The van der Waals surface area contributed by atoms with Crippen LogP contribution in [0.2, 0.25) is 0 Å². The van der Waals surface area contributed by atoms with Crippen LogP contribution < -0.4 is 5.32 Å². The van der Waals surface area contributed by atoms with E-state index in [9.17, 15) is 14.7 Å². The molecule has 2 N–H and O–H groups in total. The number of aliphatic carboxylic acids is 1. The van der Waals surface area contributed by atoms with Gasteiger partial charge in [-0.2, -0.15) is 0 Å². The molecule has 0 spiro atoms. The number of nitrogens with zero attached hydrogens (tertiary/aromatic N) is 1. The lowest BCUT2D eigenvalue weighted by Crippen LogP contribution is -2.50. The van der Waals surface area contributed by atoms with E-state index in [1.807, 2.05) is 11.8 Å². The highest BCUT2D eigenvalue weighted by Crippen LogP contribution is 2.34. The first-order valence-electron chi connectivity index (χ1n) is 6.20. The van der Waals surface area contributed by atoms with E-state index in [2.05, 4.69) is 5.32 Å². The number of likely N-dealkylation sites (N-methyl/N-ethyl adjacent to an activating group) is 1. The highest BCUT2D eigenvalue weighted by molar-refractivity contribution is 5.78. The normalized spacial score (nSPS) is 25.5. The Kier molecular flexibility index (Phi) is 4.93. The molecule has 1 rings (SSSR count). The third-order valence-electron chi connectivity index (χ3n) is 3.48. The lowest BCUT2D eigenvalue weighted by Gasteiger charge is -2.39. The average molecular weight is 242 g/mol. The zero-order valence-corrected chi connectivity index (χ0v) is 10.7. The Morgan fingerprint density at radius 2 is 2.18 bits per heavy atom. The number of carbonyl (C=O) groups excluding carboxylic acids is 1. The van der Waals surface area contributed by atoms with Crippen LogP contribution in [0.3, 0.4) is 0 Å². The smallest absolute Gasteiger partial charge is 0.310 e. The number of carboxylic acids is 1. The van der Waals surface area contributed by atoms with Crippen molar-refractivity contribution in [2.75, 3.05) is 26.7 Å². The van der Waals surface area contributed by atoms with Gasteiger partial charge in [0, 0.05) is 13.6 Å². The summed E-state index contributed by atoms with van der Waals surface area (Å²) < 4.78 is 0. The minimum absolute atomic E-state index is 0.0531. The molecule has 1 amide bonds. The van der Waals surface area contributed by atoms with Crippen molar-refractivity contribution < 1.29 is 14.7 Å². The van der Waals surface area contributed by atoms with Gasteiger partial charge in [0.25, 0.3) is 0 Å². The maximum atomic E-state index is 11.4. The molecule has 1 heterocycles. The van der Waals surface area contributed by atoms with Gasteiger partial charge in [0.05, 0.1) is 12.0 Å². The zero-order chi connectivity index (χ0) is 12.9. The molecule has 5 heteroatoms. The van der Waals surface area contributed by atoms with E-state index in [-0.39, 0.29) is 5.91 Å². The van der Waals surface area contributed by atoms with Gasteiger partial charge < -0.3 is 10.4 Å². The number of likely N-dealkylation sites (tertiary alicyclic amines) is 1. The Hall–Kier alpha value is -1.10. The van der Waals surface area contributed by atoms with Crippen LogP contribution in [0.25, 0.3) is 0 Å². The lowest BCUT2D eigenvalue weighted by molar-refractivity contribution is -0.154. The molecule has 1 aliphatic heterocycles. The fourth-order valence-corrected chi connectivity index (χ4v) is 2.61. The number of hydrogen-bond donors (Lipinski definition) is 2. The predicted octanol–water partition coefficient (Wildman–Crippen LogP) is 0.699. The fourth-order valence-electron chi connectivity index (χ4n) is 2.61. The van der Waals surface area contributed by atoms with Crippen LogP contribution in [0, 0.1) is 5.41 Å². The summed E-state index contributed by atoms with van der Waals surface area (Å²) >= 11 is 0. The molecule has 1 saturated heterocycles. The van der Waals surface area contributed by atoms with E-state index in [1.54, 1.807) is 7.05 Å². The third-order valence-corrected chi connectivity index (χ3v) is 3.48. The molecule has 0 aliphatic carbocycles. The standard InChI is InChI=1S/C12H22N2O3/c1-3-5-12(11(16)17)6-4-7-14(9-12)8-10(15)13-2/h3-9H2,1-2H3,(H,13,15)(H,16,17). The number of piperidine rings is 1. The topological polar surface area (TPSA) is 69.6 Å². The molecule has 5 nitrogen and oxygen atoms in total. The van der Waals surface area contributed by atoms with E-state index in [1.165, 1.54) is 0 Å². The molecule has 0 aromatic rings. The highest BCUT2D eigenvalue weighted by atomic mass is 16.4. The molecule has 0 bridgehead atoms. The second kappa shape index (κ2) is 6.00. The lowest BCUT2D eigenvalue weighted by atomic mass is 9.76. The number of rotatable bonds is 5.